The van der Waals surface area contributed by atoms with Gasteiger partial charge in [0.1, 0.15) is 0 Å². The average molecular weight is 226 g/mol. The Morgan fingerprint density at radius 1 is 1.40 bits per heavy atom. The number of alkyl halides is 1. The van der Waals surface area contributed by atoms with Crippen molar-refractivity contribution < 1.29 is 9.90 Å². The summed E-state index contributed by atoms with van der Waals surface area (Å²) in [5.74, 6) is 0.385. The fourth-order valence-electron chi connectivity index (χ4n) is 1.80. The number of nitrogens with zero attached hydrogens (tertiary/aromatic N) is 1. The number of aliphatic hydroxyl groups is 1. The molecule has 1 aromatic rings. The zero-order chi connectivity index (χ0) is 10.8. The second kappa shape index (κ2) is 4.21. The van der Waals surface area contributed by atoms with Gasteiger partial charge in [-0.25, -0.2) is 0 Å². The second-order valence-corrected chi connectivity index (χ2v) is 3.88. The van der Waals surface area contributed by atoms with E-state index in [0.29, 0.717) is 30.0 Å². The van der Waals surface area contributed by atoms with E-state index in [0.717, 1.165) is 0 Å². The molecule has 0 spiro atoms. The zero-order valence-electron chi connectivity index (χ0n) is 8.19. The summed E-state index contributed by atoms with van der Waals surface area (Å²) in [4.78, 5) is 13.3. The Morgan fingerprint density at radius 3 is 2.80 bits per heavy atom. The van der Waals surface area contributed by atoms with Crippen LogP contribution in [-0.2, 0) is 0 Å². The van der Waals surface area contributed by atoms with E-state index in [2.05, 4.69) is 0 Å². The molecule has 1 aromatic carbocycles. The molecule has 1 aliphatic rings. The van der Waals surface area contributed by atoms with Crippen LogP contribution < -0.4 is 0 Å². The van der Waals surface area contributed by atoms with E-state index >= 15 is 0 Å². The number of halogens is 1. The SMILES string of the molecule is O=C1c2ccccc2[C@H](O)N1CCCCl. The van der Waals surface area contributed by atoms with Gasteiger partial charge in [0.2, 0.25) is 0 Å². The molecule has 0 bridgehead atoms. The summed E-state index contributed by atoms with van der Waals surface area (Å²) in [6.07, 6.45) is -0.116. The summed E-state index contributed by atoms with van der Waals surface area (Å²) in [6, 6.07) is 7.13. The van der Waals surface area contributed by atoms with Gasteiger partial charge in [0.25, 0.3) is 5.91 Å². The van der Waals surface area contributed by atoms with Gasteiger partial charge in [0.05, 0.1) is 0 Å². The third kappa shape index (κ3) is 1.73. The molecule has 2 rings (SSSR count). The summed E-state index contributed by atoms with van der Waals surface area (Å²) in [5, 5.41) is 9.90. The molecule has 0 aromatic heterocycles. The first-order chi connectivity index (χ1) is 7.25. The minimum absolute atomic E-state index is 0.108. The quantitative estimate of drug-likeness (QED) is 0.797. The minimum Gasteiger partial charge on any atom is -0.369 e. The third-order valence-electron chi connectivity index (χ3n) is 2.56. The molecule has 0 unspecified atom stereocenters. The van der Waals surface area contributed by atoms with Crippen molar-refractivity contribution in [1.82, 2.24) is 4.90 Å². The van der Waals surface area contributed by atoms with Crippen LogP contribution in [0.4, 0.5) is 0 Å². The molecule has 80 valence electrons. The molecule has 1 aliphatic heterocycles. The summed E-state index contributed by atoms with van der Waals surface area (Å²) in [7, 11) is 0. The van der Waals surface area contributed by atoms with Gasteiger partial charge in [-0.1, -0.05) is 18.2 Å². The molecule has 15 heavy (non-hydrogen) atoms. The van der Waals surface area contributed by atoms with Gasteiger partial charge >= 0.3 is 0 Å². The van der Waals surface area contributed by atoms with Gasteiger partial charge in [-0.05, 0) is 12.5 Å². The van der Waals surface area contributed by atoms with E-state index < -0.39 is 6.23 Å². The lowest BCUT2D eigenvalue weighted by Crippen LogP contribution is -2.29. The van der Waals surface area contributed by atoms with E-state index in [1.165, 1.54) is 4.90 Å². The first kappa shape index (κ1) is 10.5. The molecule has 1 atom stereocenters. The average Bonchev–Trinajstić information content (AvgIpc) is 2.51. The van der Waals surface area contributed by atoms with Gasteiger partial charge in [-0.3, -0.25) is 4.79 Å². The van der Waals surface area contributed by atoms with Gasteiger partial charge in [0, 0.05) is 23.6 Å². The number of aliphatic hydroxyl groups excluding tert-OH is 1. The zero-order valence-corrected chi connectivity index (χ0v) is 8.94. The Labute approximate surface area is 93.3 Å². The molecular weight excluding hydrogens is 214 g/mol. The normalized spacial score (nSPS) is 19.5. The Hall–Kier alpha value is -1.06. The van der Waals surface area contributed by atoms with Gasteiger partial charge in [0.15, 0.2) is 6.23 Å². The van der Waals surface area contributed by atoms with E-state index in [1.54, 1.807) is 18.2 Å². The Balaban J connectivity index is 2.25. The molecule has 4 heteroatoms. The molecule has 1 N–H and O–H groups in total. The number of hydrogen-bond acceptors (Lipinski definition) is 2. The maximum Gasteiger partial charge on any atom is 0.256 e. The van der Waals surface area contributed by atoms with Gasteiger partial charge in [-0.15, -0.1) is 11.6 Å². The highest BCUT2D eigenvalue weighted by atomic mass is 35.5. The van der Waals surface area contributed by atoms with Crippen molar-refractivity contribution in [2.24, 2.45) is 0 Å². The lowest BCUT2D eigenvalue weighted by molar-refractivity contribution is 0.0179. The molecule has 0 aliphatic carbocycles. The van der Waals surface area contributed by atoms with Gasteiger partial charge in [-0.2, -0.15) is 0 Å². The van der Waals surface area contributed by atoms with Crippen molar-refractivity contribution in [2.45, 2.75) is 12.6 Å². The molecule has 1 heterocycles. The molecular formula is C11H12ClNO2. The van der Waals surface area contributed by atoms with Crippen molar-refractivity contribution >= 4 is 17.5 Å². The van der Waals surface area contributed by atoms with E-state index in [9.17, 15) is 9.90 Å². The summed E-state index contributed by atoms with van der Waals surface area (Å²) in [5.41, 5.74) is 1.29. The van der Waals surface area contributed by atoms with Crippen LogP contribution in [0, 0.1) is 0 Å². The van der Waals surface area contributed by atoms with Crippen LogP contribution in [0.15, 0.2) is 24.3 Å². The second-order valence-electron chi connectivity index (χ2n) is 3.50. The number of carbonyl (C=O) groups is 1. The lowest BCUT2D eigenvalue weighted by Gasteiger charge is -2.19. The van der Waals surface area contributed by atoms with E-state index in [1.807, 2.05) is 6.07 Å². The maximum atomic E-state index is 11.8. The Bertz CT molecular complexity index is 381. The summed E-state index contributed by atoms with van der Waals surface area (Å²) >= 11 is 5.57. The minimum atomic E-state index is -0.808. The van der Waals surface area contributed by atoms with Gasteiger partial charge < -0.3 is 10.0 Å². The highest BCUT2D eigenvalue weighted by molar-refractivity contribution is 6.17. The van der Waals surface area contributed by atoms with Crippen molar-refractivity contribution in [3.05, 3.63) is 35.4 Å². The van der Waals surface area contributed by atoms with Crippen molar-refractivity contribution in [1.29, 1.82) is 0 Å². The Kier molecular flexibility index (Phi) is 2.93. The predicted molar refractivity (Wildman–Crippen MR) is 57.8 cm³/mol. The molecule has 0 radical (unpaired) electrons. The highest BCUT2D eigenvalue weighted by Crippen LogP contribution is 2.31. The number of benzene rings is 1. The number of fused-ring (bicyclic) bond motifs is 1. The maximum absolute atomic E-state index is 11.8. The monoisotopic (exact) mass is 225 g/mol. The largest absolute Gasteiger partial charge is 0.369 e. The topological polar surface area (TPSA) is 40.5 Å². The molecule has 0 saturated heterocycles. The number of hydrogen-bond donors (Lipinski definition) is 1. The predicted octanol–water partition coefficient (Wildman–Crippen LogP) is 1.76. The summed E-state index contributed by atoms with van der Waals surface area (Å²) in [6.45, 7) is 0.498. The smallest absolute Gasteiger partial charge is 0.256 e. The van der Waals surface area contributed by atoms with Crippen LogP contribution in [0.3, 0.4) is 0 Å². The number of rotatable bonds is 3. The fraction of sp³-hybridized carbons (Fsp3) is 0.364. The van der Waals surface area contributed by atoms with E-state index in [-0.39, 0.29) is 5.91 Å². The summed E-state index contributed by atoms with van der Waals surface area (Å²) < 4.78 is 0. The number of amides is 1. The first-order valence-electron chi connectivity index (χ1n) is 4.89. The van der Waals surface area contributed by atoms with Crippen molar-refractivity contribution in [3.8, 4) is 0 Å². The standard InChI is InChI=1S/C11H12ClNO2/c12-6-3-7-13-10(14)8-4-1-2-5-9(8)11(13)15/h1-2,4-5,10,14H,3,6-7H2/t10-/m0/s1. The van der Waals surface area contributed by atoms with Crippen LogP contribution in [0.25, 0.3) is 0 Å². The van der Waals surface area contributed by atoms with Crippen LogP contribution in [0.2, 0.25) is 0 Å². The van der Waals surface area contributed by atoms with Crippen molar-refractivity contribution in [3.63, 3.8) is 0 Å². The van der Waals surface area contributed by atoms with Crippen LogP contribution >= 0.6 is 11.6 Å². The third-order valence-corrected chi connectivity index (χ3v) is 2.83. The highest BCUT2D eigenvalue weighted by Gasteiger charge is 2.34. The molecule has 0 fully saturated rings. The molecule has 3 nitrogen and oxygen atoms in total. The molecule has 0 saturated carbocycles. The van der Waals surface area contributed by atoms with E-state index in [4.69, 9.17) is 11.6 Å². The lowest BCUT2D eigenvalue weighted by atomic mass is 10.1. The van der Waals surface area contributed by atoms with Crippen LogP contribution in [0.1, 0.15) is 28.6 Å². The fourth-order valence-corrected chi connectivity index (χ4v) is 1.92. The molecule has 1 amide bonds. The Morgan fingerprint density at radius 2 is 2.13 bits per heavy atom. The van der Waals surface area contributed by atoms with Crippen LogP contribution in [0.5, 0.6) is 0 Å². The first-order valence-corrected chi connectivity index (χ1v) is 5.43. The van der Waals surface area contributed by atoms with Crippen molar-refractivity contribution in [2.75, 3.05) is 12.4 Å². The van der Waals surface area contributed by atoms with Crippen LogP contribution in [-0.4, -0.2) is 28.3 Å². The number of carbonyl (C=O) groups excluding carboxylic acids is 1.